The molecule has 1 atom stereocenters. The van der Waals surface area contributed by atoms with Gasteiger partial charge in [-0.25, -0.2) is 4.39 Å². The SMILES string of the molecule is NC(Cc1ccc(O)cc1)C(=O)Nc1ccc(F)cc1Br. The van der Waals surface area contributed by atoms with Crippen molar-refractivity contribution >= 4 is 27.5 Å². The molecule has 0 saturated heterocycles. The molecule has 0 fully saturated rings. The van der Waals surface area contributed by atoms with Crippen molar-refractivity contribution in [3.05, 3.63) is 58.3 Å². The normalized spacial score (nSPS) is 12.0. The fourth-order valence-corrected chi connectivity index (χ4v) is 2.24. The second-order valence-corrected chi connectivity index (χ2v) is 5.44. The van der Waals surface area contributed by atoms with Gasteiger partial charge in [-0.3, -0.25) is 4.79 Å². The summed E-state index contributed by atoms with van der Waals surface area (Å²) in [6, 6.07) is 9.73. The molecule has 1 amide bonds. The molecule has 0 heterocycles. The highest BCUT2D eigenvalue weighted by atomic mass is 79.9. The quantitative estimate of drug-likeness (QED) is 0.791. The summed E-state index contributed by atoms with van der Waals surface area (Å²) in [6.45, 7) is 0. The Morgan fingerprint density at radius 2 is 1.95 bits per heavy atom. The van der Waals surface area contributed by atoms with Crippen LogP contribution in [0.15, 0.2) is 46.9 Å². The first-order chi connectivity index (χ1) is 9.95. The molecule has 0 saturated carbocycles. The summed E-state index contributed by atoms with van der Waals surface area (Å²) in [6.07, 6.45) is 0.338. The molecule has 0 aromatic heterocycles. The Morgan fingerprint density at radius 1 is 1.29 bits per heavy atom. The Morgan fingerprint density at radius 3 is 2.57 bits per heavy atom. The van der Waals surface area contributed by atoms with Crippen LogP contribution in [0.5, 0.6) is 5.75 Å². The molecule has 6 heteroatoms. The van der Waals surface area contributed by atoms with Gasteiger partial charge in [0.25, 0.3) is 0 Å². The van der Waals surface area contributed by atoms with Crippen LogP contribution in [0.2, 0.25) is 0 Å². The summed E-state index contributed by atoms with van der Waals surface area (Å²) in [4.78, 5) is 12.0. The van der Waals surface area contributed by atoms with Gasteiger partial charge in [0.05, 0.1) is 11.7 Å². The number of halogens is 2. The van der Waals surface area contributed by atoms with Crippen molar-refractivity contribution in [2.75, 3.05) is 5.32 Å². The molecule has 110 valence electrons. The highest BCUT2D eigenvalue weighted by Crippen LogP contribution is 2.23. The Labute approximate surface area is 129 Å². The van der Waals surface area contributed by atoms with Gasteiger partial charge in [0.2, 0.25) is 5.91 Å². The molecule has 1 unspecified atom stereocenters. The maximum Gasteiger partial charge on any atom is 0.241 e. The average Bonchev–Trinajstić information content (AvgIpc) is 2.44. The van der Waals surface area contributed by atoms with Gasteiger partial charge in [-0.05, 0) is 58.2 Å². The van der Waals surface area contributed by atoms with Crippen LogP contribution in [0, 0.1) is 5.82 Å². The molecule has 0 aliphatic rings. The number of nitrogens with two attached hydrogens (primary N) is 1. The summed E-state index contributed by atoms with van der Waals surface area (Å²) in [5.41, 5.74) is 7.15. The van der Waals surface area contributed by atoms with Gasteiger partial charge in [-0.15, -0.1) is 0 Å². The summed E-state index contributed by atoms with van der Waals surface area (Å²) in [5, 5.41) is 11.8. The van der Waals surface area contributed by atoms with Crippen molar-refractivity contribution in [1.82, 2.24) is 0 Å². The molecular formula is C15H14BrFN2O2. The fraction of sp³-hybridized carbons (Fsp3) is 0.133. The summed E-state index contributed by atoms with van der Waals surface area (Å²) in [5.74, 6) is -0.601. The Balaban J connectivity index is 2.00. The van der Waals surface area contributed by atoms with Crippen LogP contribution in [0.4, 0.5) is 10.1 Å². The minimum Gasteiger partial charge on any atom is -0.508 e. The maximum absolute atomic E-state index is 13.0. The van der Waals surface area contributed by atoms with E-state index in [9.17, 15) is 14.3 Å². The van der Waals surface area contributed by atoms with Crippen molar-refractivity contribution < 1.29 is 14.3 Å². The number of hydrogen-bond acceptors (Lipinski definition) is 3. The maximum atomic E-state index is 13.0. The smallest absolute Gasteiger partial charge is 0.241 e. The lowest BCUT2D eigenvalue weighted by molar-refractivity contribution is -0.117. The summed E-state index contributed by atoms with van der Waals surface area (Å²) in [7, 11) is 0. The van der Waals surface area contributed by atoms with Crippen molar-refractivity contribution in [3.8, 4) is 5.75 Å². The number of phenols is 1. The lowest BCUT2D eigenvalue weighted by atomic mass is 10.1. The van der Waals surface area contributed by atoms with Gasteiger partial charge >= 0.3 is 0 Å². The van der Waals surface area contributed by atoms with Gasteiger partial charge < -0.3 is 16.2 Å². The van der Waals surface area contributed by atoms with Crippen LogP contribution in [0.3, 0.4) is 0 Å². The largest absolute Gasteiger partial charge is 0.508 e. The molecule has 2 rings (SSSR count). The van der Waals surface area contributed by atoms with E-state index in [0.29, 0.717) is 16.6 Å². The zero-order chi connectivity index (χ0) is 15.4. The third kappa shape index (κ3) is 4.27. The van der Waals surface area contributed by atoms with Crippen LogP contribution < -0.4 is 11.1 Å². The van der Waals surface area contributed by atoms with E-state index in [1.54, 1.807) is 12.1 Å². The van der Waals surface area contributed by atoms with Crippen molar-refractivity contribution in [2.45, 2.75) is 12.5 Å². The van der Waals surface area contributed by atoms with E-state index in [1.807, 2.05) is 0 Å². The standard InChI is InChI=1S/C15H14BrFN2O2/c16-12-8-10(17)3-6-14(12)19-15(21)13(18)7-9-1-4-11(20)5-2-9/h1-6,8,13,20H,7,18H2,(H,19,21). The number of phenolic OH excluding ortho intramolecular Hbond substituents is 1. The van der Waals surface area contributed by atoms with Crippen molar-refractivity contribution in [2.24, 2.45) is 5.73 Å². The Kier molecular flexibility index (Phi) is 4.93. The zero-order valence-electron chi connectivity index (χ0n) is 11.0. The first kappa shape index (κ1) is 15.5. The minimum atomic E-state index is -0.744. The first-order valence-electron chi connectivity index (χ1n) is 6.25. The van der Waals surface area contributed by atoms with Crippen molar-refractivity contribution in [3.63, 3.8) is 0 Å². The number of rotatable bonds is 4. The highest BCUT2D eigenvalue weighted by molar-refractivity contribution is 9.10. The highest BCUT2D eigenvalue weighted by Gasteiger charge is 2.15. The molecule has 2 aromatic rings. The van der Waals surface area contributed by atoms with Crippen LogP contribution in [0.1, 0.15) is 5.56 Å². The number of benzene rings is 2. The zero-order valence-corrected chi connectivity index (χ0v) is 12.6. The van der Waals surface area contributed by atoms with Gasteiger partial charge in [-0.2, -0.15) is 0 Å². The number of carbonyl (C=O) groups excluding carboxylic acids is 1. The van der Waals surface area contributed by atoms with E-state index < -0.39 is 11.9 Å². The monoisotopic (exact) mass is 352 g/mol. The van der Waals surface area contributed by atoms with E-state index in [1.165, 1.54) is 30.3 Å². The summed E-state index contributed by atoms with van der Waals surface area (Å²) < 4.78 is 13.4. The van der Waals surface area contributed by atoms with Crippen molar-refractivity contribution in [1.29, 1.82) is 0 Å². The van der Waals surface area contributed by atoms with Gasteiger partial charge in [0.1, 0.15) is 11.6 Å². The van der Waals surface area contributed by atoms with E-state index in [0.717, 1.165) is 5.56 Å². The van der Waals surface area contributed by atoms with E-state index >= 15 is 0 Å². The lowest BCUT2D eigenvalue weighted by Crippen LogP contribution is -2.37. The van der Waals surface area contributed by atoms with Crippen LogP contribution in [0.25, 0.3) is 0 Å². The van der Waals surface area contributed by atoms with Gasteiger partial charge in [0.15, 0.2) is 0 Å². The number of hydrogen-bond donors (Lipinski definition) is 3. The van der Waals surface area contributed by atoms with Crippen LogP contribution in [-0.4, -0.2) is 17.1 Å². The molecule has 0 bridgehead atoms. The summed E-state index contributed by atoms with van der Waals surface area (Å²) >= 11 is 3.18. The van der Waals surface area contributed by atoms with Crippen LogP contribution in [-0.2, 0) is 11.2 Å². The molecule has 4 N–H and O–H groups in total. The molecule has 4 nitrogen and oxygen atoms in total. The molecule has 0 spiro atoms. The predicted molar refractivity (Wildman–Crippen MR) is 82.5 cm³/mol. The minimum absolute atomic E-state index is 0.159. The molecule has 21 heavy (non-hydrogen) atoms. The lowest BCUT2D eigenvalue weighted by Gasteiger charge is -2.13. The molecule has 0 radical (unpaired) electrons. The third-order valence-corrected chi connectivity index (χ3v) is 3.57. The first-order valence-corrected chi connectivity index (χ1v) is 7.04. The molecular weight excluding hydrogens is 339 g/mol. The topological polar surface area (TPSA) is 75.3 Å². The number of anilines is 1. The molecule has 0 aliphatic heterocycles. The van der Waals surface area contributed by atoms with E-state index in [4.69, 9.17) is 5.73 Å². The second-order valence-electron chi connectivity index (χ2n) is 4.59. The Hall–Kier alpha value is -1.92. The number of nitrogens with one attached hydrogen (secondary N) is 1. The number of carbonyl (C=O) groups is 1. The number of amides is 1. The molecule has 2 aromatic carbocycles. The second kappa shape index (κ2) is 6.69. The van der Waals surface area contributed by atoms with Gasteiger partial charge in [0, 0.05) is 4.47 Å². The van der Waals surface area contributed by atoms with Crippen LogP contribution >= 0.6 is 15.9 Å². The fourth-order valence-electron chi connectivity index (χ4n) is 1.79. The number of aromatic hydroxyl groups is 1. The molecule has 0 aliphatic carbocycles. The van der Waals surface area contributed by atoms with E-state index in [2.05, 4.69) is 21.2 Å². The predicted octanol–water partition coefficient (Wildman–Crippen LogP) is 2.80. The third-order valence-electron chi connectivity index (χ3n) is 2.92. The average molecular weight is 353 g/mol. The van der Waals surface area contributed by atoms with E-state index in [-0.39, 0.29) is 11.7 Å². The van der Waals surface area contributed by atoms with Gasteiger partial charge in [-0.1, -0.05) is 12.1 Å². The Bertz CT molecular complexity index is 647.